The minimum Gasteiger partial charge on any atom is -0.325 e. The quantitative estimate of drug-likeness (QED) is 0.689. The van der Waals surface area contributed by atoms with E-state index in [9.17, 15) is 9.59 Å². The molecule has 0 atom stereocenters. The van der Waals surface area contributed by atoms with Crippen molar-refractivity contribution in [2.75, 3.05) is 5.32 Å². The normalized spacial score (nSPS) is 10.4. The van der Waals surface area contributed by atoms with Crippen LogP contribution in [0.3, 0.4) is 0 Å². The Hall–Kier alpha value is -1.64. The number of benzene rings is 1. The third kappa shape index (κ3) is 6.11. The second-order valence-electron chi connectivity index (χ2n) is 5.59. The van der Waals surface area contributed by atoms with E-state index >= 15 is 0 Å². The van der Waals surface area contributed by atoms with Crippen LogP contribution in [-0.4, -0.2) is 11.7 Å². The van der Waals surface area contributed by atoms with Gasteiger partial charge >= 0.3 is 0 Å². The number of hydrogen-bond donors (Lipinski definition) is 1. The van der Waals surface area contributed by atoms with Gasteiger partial charge in [0.15, 0.2) is 0 Å². The molecule has 116 valence electrons. The summed E-state index contributed by atoms with van der Waals surface area (Å²) in [6.45, 7) is 5.77. The second-order valence-corrected chi connectivity index (χ2v) is 5.59. The van der Waals surface area contributed by atoms with E-state index in [2.05, 4.69) is 37.4 Å². The number of Topliss-reactive ketones (excluding diaryl/α,β-unsaturated/α-hetero) is 1. The number of carbonyl (C=O) groups excluding carboxylic acids is 2. The predicted molar refractivity (Wildman–Crippen MR) is 87.6 cm³/mol. The summed E-state index contributed by atoms with van der Waals surface area (Å²) in [5, 5.41) is 2.97. The standard InChI is InChI=1S/C18H27NO2/c1-4-6-9-15-11-8-12-16(10-7-5-2)18(15)19-17(21)13-14(3)20/h8,11-12H,4-7,9-10,13H2,1-3H3,(H,19,21). The molecule has 0 aromatic heterocycles. The van der Waals surface area contributed by atoms with Crippen molar-refractivity contribution in [3.05, 3.63) is 29.3 Å². The summed E-state index contributed by atoms with van der Waals surface area (Å²) >= 11 is 0. The fourth-order valence-electron chi connectivity index (χ4n) is 2.37. The molecule has 0 spiro atoms. The number of nitrogens with one attached hydrogen (secondary N) is 1. The Morgan fingerprint density at radius 2 is 1.52 bits per heavy atom. The lowest BCUT2D eigenvalue weighted by atomic mass is 9.98. The molecule has 0 aliphatic carbocycles. The van der Waals surface area contributed by atoms with Gasteiger partial charge in [0.05, 0.1) is 6.42 Å². The van der Waals surface area contributed by atoms with Crippen LogP contribution in [0, 0.1) is 0 Å². The molecule has 3 nitrogen and oxygen atoms in total. The molecule has 1 amide bonds. The zero-order valence-electron chi connectivity index (χ0n) is 13.5. The predicted octanol–water partition coefficient (Wildman–Crippen LogP) is 4.29. The van der Waals surface area contributed by atoms with E-state index in [1.807, 2.05) is 0 Å². The Kier molecular flexibility index (Phi) is 7.73. The molecule has 21 heavy (non-hydrogen) atoms. The van der Waals surface area contributed by atoms with Crippen molar-refractivity contribution in [1.82, 2.24) is 0 Å². The van der Waals surface area contributed by atoms with Gasteiger partial charge < -0.3 is 5.32 Å². The SMILES string of the molecule is CCCCc1cccc(CCCC)c1NC(=O)CC(C)=O. The molecule has 0 heterocycles. The van der Waals surface area contributed by atoms with Crippen LogP contribution >= 0.6 is 0 Å². The van der Waals surface area contributed by atoms with E-state index in [-0.39, 0.29) is 18.1 Å². The number of carbonyl (C=O) groups is 2. The van der Waals surface area contributed by atoms with Crippen LogP contribution < -0.4 is 5.32 Å². The summed E-state index contributed by atoms with van der Waals surface area (Å²) in [5.74, 6) is -0.308. The van der Waals surface area contributed by atoms with Gasteiger partial charge in [0, 0.05) is 5.69 Å². The molecule has 0 fully saturated rings. The number of para-hydroxylation sites is 1. The van der Waals surface area contributed by atoms with Gasteiger partial charge in [0.25, 0.3) is 0 Å². The van der Waals surface area contributed by atoms with E-state index in [1.54, 1.807) is 0 Å². The molecule has 1 aromatic carbocycles. The summed E-state index contributed by atoms with van der Waals surface area (Å²) in [5.41, 5.74) is 3.30. The molecule has 1 rings (SSSR count). The zero-order chi connectivity index (χ0) is 15.7. The van der Waals surface area contributed by atoms with Gasteiger partial charge in [-0.15, -0.1) is 0 Å². The monoisotopic (exact) mass is 289 g/mol. The molecule has 0 radical (unpaired) electrons. The van der Waals surface area contributed by atoms with Gasteiger partial charge in [-0.05, 0) is 43.7 Å². The minimum absolute atomic E-state index is 0.0463. The molecule has 0 saturated heterocycles. The van der Waals surface area contributed by atoms with Crippen molar-refractivity contribution < 1.29 is 9.59 Å². The average Bonchev–Trinajstić information content (AvgIpc) is 2.43. The Balaban J connectivity index is 2.96. The molecular weight excluding hydrogens is 262 g/mol. The number of unbranched alkanes of at least 4 members (excludes halogenated alkanes) is 2. The van der Waals surface area contributed by atoms with E-state index in [4.69, 9.17) is 0 Å². The largest absolute Gasteiger partial charge is 0.325 e. The molecule has 0 unspecified atom stereocenters. The van der Waals surface area contributed by atoms with E-state index < -0.39 is 0 Å². The van der Waals surface area contributed by atoms with Crippen molar-refractivity contribution in [3.8, 4) is 0 Å². The van der Waals surface area contributed by atoms with Crippen LogP contribution in [0.2, 0.25) is 0 Å². The third-order valence-corrected chi connectivity index (χ3v) is 3.51. The first-order chi connectivity index (χ1) is 10.1. The average molecular weight is 289 g/mol. The van der Waals surface area contributed by atoms with Gasteiger partial charge in [0.2, 0.25) is 5.91 Å². The lowest BCUT2D eigenvalue weighted by Crippen LogP contribution is -2.17. The van der Waals surface area contributed by atoms with Crippen LogP contribution in [0.25, 0.3) is 0 Å². The second kappa shape index (κ2) is 9.32. The molecule has 0 saturated carbocycles. The van der Waals surface area contributed by atoms with E-state index in [0.717, 1.165) is 44.2 Å². The maximum absolute atomic E-state index is 11.9. The molecule has 0 aliphatic heterocycles. The van der Waals surface area contributed by atoms with Crippen LogP contribution in [-0.2, 0) is 22.4 Å². The van der Waals surface area contributed by atoms with Crippen LogP contribution in [0.4, 0.5) is 5.69 Å². The van der Waals surface area contributed by atoms with Crippen LogP contribution in [0.15, 0.2) is 18.2 Å². The summed E-state index contributed by atoms with van der Waals surface area (Å²) in [6, 6.07) is 6.22. The fourth-order valence-corrected chi connectivity index (χ4v) is 2.37. The third-order valence-electron chi connectivity index (χ3n) is 3.51. The van der Waals surface area contributed by atoms with Crippen molar-refractivity contribution in [3.63, 3.8) is 0 Å². The van der Waals surface area contributed by atoms with E-state index in [0.29, 0.717) is 0 Å². The first-order valence-corrected chi connectivity index (χ1v) is 7.98. The number of hydrogen-bond acceptors (Lipinski definition) is 2. The van der Waals surface area contributed by atoms with Crippen molar-refractivity contribution >= 4 is 17.4 Å². The lowest BCUT2D eigenvalue weighted by Gasteiger charge is -2.16. The first-order valence-electron chi connectivity index (χ1n) is 7.98. The van der Waals surface area contributed by atoms with Crippen molar-refractivity contribution in [2.45, 2.75) is 65.7 Å². The molecule has 1 aromatic rings. The first kappa shape index (κ1) is 17.4. The topological polar surface area (TPSA) is 46.2 Å². The summed E-state index contributed by atoms with van der Waals surface area (Å²) in [4.78, 5) is 23.0. The zero-order valence-corrected chi connectivity index (χ0v) is 13.5. The molecular formula is C18H27NO2. The van der Waals surface area contributed by atoms with Crippen LogP contribution in [0.1, 0.15) is 64.0 Å². The number of anilines is 1. The molecule has 3 heteroatoms. The maximum Gasteiger partial charge on any atom is 0.231 e. The summed E-state index contributed by atoms with van der Waals surface area (Å²) in [7, 11) is 0. The highest BCUT2D eigenvalue weighted by molar-refractivity contribution is 6.04. The smallest absolute Gasteiger partial charge is 0.231 e. The minimum atomic E-state index is -0.204. The van der Waals surface area contributed by atoms with Gasteiger partial charge in [-0.1, -0.05) is 44.9 Å². The van der Waals surface area contributed by atoms with E-state index in [1.165, 1.54) is 18.1 Å². The highest BCUT2D eigenvalue weighted by Crippen LogP contribution is 2.25. The van der Waals surface area contributed by atoms with Gasteiger partial charge in [-0.2, -0.15) is 0 Å². The highest BCUT2D eigenvalue weighted by Gasteiger charge is 2.12. The van der Waals surface area contributed by atoms with Gasteiger partial charge in [0.1, 0.15) is 5.78 Å². The fraction of sp³-hybridized carbons (Fsp3) is 0.556. The molecule has 0 aliphatic rings. The number of rotatable bonds is 9. The Morgan fingerprint density at radius 3 is 1.95 bits per heavy atom. The lowest BCUT2D eigenvalue weighted by molar-refractivity contribution is -0.124. The Morgan fingerprint density at radius 1 is 1.00 bits per heavy atom. The summed E-state index contributed by atoms with van der Waals surface area (Å²) < 4.78 is 0. The summed E-state index contributed by atoms with van der Waals surface area (Å²) in [6.07, 6.45) is 6.34. The molecule has 0 bridgehead atoms. The Labute approximate surface area is 128 Å². The van der Waals surface area contributed by atoms with Crippen molar-refractivity contribution in [1.29, 1.82) is 0 Å². The number of amides is 1. The Bertz CT molecular complexity index is 454. The molecule has 1 N–H and O–H groups in total. The number of aryl methyl sites for hydroxylation is 2. The maximum atomic E-state index is 11.9. The van der Waals surface area contributed by atoms with Crippen LogP contribution in [0.5, 0.6) is 0 Å². The van der Waals surface area contributed by atoms with Gasteiger partial charge in [-0.3, -0.25) is 9.59 Å². The highest BCUT2D eigenvalue weighted by atomic mass is 16.2. The number of ketones is 1. The van der Waals surface area contributed by atoms with Crippen molar-refractivity contribution in [2.24, 2.45) is 0 Å². The van der Waals surface area contributed by atoms with Gasteiger partial charge in [-0.25, -0.2) is 0 Å².